The van der Waals surface area contributed by atoms with Gasteiger partial charge in [-0.05, 0) is 54.6 Å². The van der Waals surface area contributed by atoms with Crippen molar-refractivity contribution in [3.05, 3.63) is 83.1 Å². The van der Waals surface area contributed by atoms with Crippen molar-refractivity contribution < 1.29 is 14.0 Å². The highest BCUT2D eigenvalue weighted by atomic mass is 35.5. The van der Waals surface area contributed by atoms with Crippen LogP contribution in [0.4, 0.5) is 31.9 Å². The van der Waals surface area contributed by atoms with Crippen molar-refractivity contribution in [3.8, 4) is 0 Å². The van der Waals surface area contributed by atoms with E-state index >= 15 is 0 Å². The summed E-state index contributed by atoms with van der Waals surface area (Å²) < 4.78 is 14.9. The van der Waals surface area contributed by atoms with Gasteiger partial charge in [0.1, 0.15) is 5.82 Å². The van der Waals surface area contributed by atoms with Gasteiger partial charge in [-0.25, -0.2) is 13.5 Å². The largest absolute Gasteiger partial charge is 0.376 e. The Morgan fingerprint density at radius 1 is 0.968 bits per heavy atom. The Morgan fingerprint density at radius 3 is 2.29 bits per heavy atom. The number of benzene rings is 3. The van der Waals surface area contributed by atoms with Gasteiger partial charge >= 0.3 is 6.03 Å². The van der Waals surface area contributed by atoms with E-state index in [-0.39, 0.29) is 5.56 Å². The fraction of sp³-hybridized carbons (Fsp3) is 0.0909. The quantitative estimate of drug-likeness (QED) is 0.431. The number of anilines is 4. The van der Waals surface area contributed by atoms with Crippen LogP contribution in [0.15, 0.2) is 66.7 Å². The fourth-order valence-corrected chi connectivity index (χ4v) is 3.17. The first kappa shape index (κ1) is 22.5. The lowest BCUT2D eigenvalue weighted by Gasteiger charge is -2.21. The van der Waals surface area contributed by atoms with E-state index in [2.05, 4.69) is 23.4 Å². The average Bonchev–Trinajstić information content (AvgIpc) is 2.73. The topological polar surface area (TPSA) is 64.7 Å². The van der Waals surface area contributed by atoms with Crippen molar-refractivity contribution in [1.29, 1.82) is 0 Å². The van der Waals surface area contributed by atoms with Gasteiger partial charge in [0.2, 0.25) is 0 Å². The molecular weight excluding hydrogens is 439 g/mol. The van der Waals surface area contributed by atoms with E-state index in [1.54, 1.807) is 48.5 Å². The Labute approximate surface area is 190 Å². The van der Waals surface area contributed by atoms with E-state index in [1.807, 2.05) is 19.0 Å². The molecule has 2 N–H and O–H groups in total. The Hall–Kier alpha value is -3.23. The second-order valence-electron chi connectivity index (χ2n) is 6.78. The molecule has 0 saturated heterocycles. The molecule has 160 valence electrons. The summed E-state index contributed by atoms with van der Waals surface area (Å²) in [5.41, 5.74) is 2.18. The number of carbonyl (C=O) groups is 2. The lowest BCUT2D eigenvalue weighted by Crippen LogP contribution is -2.27. The number of rotatable bonds is 5. The average molecular weight is 459 g/mol. The van der Waals surface area contributed by atoms with Crippen molar-refractivity contribution in [2.24, 2.45) is 0 Å². The molecule has 6 nitrogen and oxygen atoms in total. The zero-order valence-electron chi connectivity index (χ0n) is 16.8. The second-order valence-corrected chi connectivity index (χ2v) is 7.62. The zero-order chi connectivity index (χ0) is 22.5. The molecule has 3 aromatic carbocycles. The van der Waals surface area contributed by atoms with Gasteiger partial charge in [-0.2, -0.15) is 0 Å². The van der Waals surface area contributed by atoms with Gasteiger partial charge in [-0.15, -0.1) is 0 Å². The molecule has 0 aromatic heterocycles. The highest BCUT2D eigenvalue weighted by Gasteiger charge is 2.16. The summed E-state index contributed by atoms with van der Waals surface area (Å²) in [6.07, 6.45) is 0. The number of hydrogen-bond acceptors (Lipinski definition) is 4. The Bertz CT molecular complexity index is 1110. The van der Waals surface area contributed by atoms with E-state index in [9.17, 15) is 14.0 Å². The summed E-state index contributed by atoms with van der Waals surface area (Å²) in [5.74, 6) is -1.17. The van der Waals surface area contributed by atoms with Gasteiger partial charge in [-0.1, -0.05) is 36.5 Å². The van der Waals surface area contributed by atoms with Gasteiger partial charge in [0.25, 0.3) is 5.91 Å². The molecule has 0 fully saturated rings. The van der Waals surface area contributed by atoms with Crippen molar-refractivity contribution >= 4 is 59.1 Å². The molecule has 9 heteroatoms. The molecule has 0 atom stereocenters. The van der Waals surface area contributed by atoms with Crippen LogP contribution in [0, 0.1) is 5.82 Å². The molecule has 0 bridgehead atoms. The number of amides is 3. The van der Waals surface area contributed by atoms with Crippen molar-refractivity contribution in [3.63, 3.8) is 0 Å². The van der Waals surface area contributed by atoms with E-state index in [4.69, 9.17) is 11.6 Å². The Morgan fingerprint density at radius 2 is 1.65 bits per heavy atom. The van der Waals surface area contributed by atoms with E-state index < -0.39 is 17.8 Å². The van der Waals surface area contributed by atoms with Gasteiger partial charge in [-0.3, -0.25) is 4.79 Å². The standard InChI is InChI=1S/C22H20ClFN4O2S/c1-27(2)20-12-7-14(23)13-19(20)26-22(30)28(31)16-10-8-15(9-11-16)25-21(29)17-5-3-4-6-18(17)24/h3-13,31H,1-2H3,(H,25,29)(H,26,30). The molecule has 0 heterocycles. The predicted molar refractivity (Wildman–Crippen MR) is 127 cm³/mol. The molecule has 0 unspecified atom stereocenters. The fourth-order valence-electron chi connectivity index (χ4n) is 2.81. The summed E-state index contributed by atoms with van der Waals surface area (Å²) in [4.78, 5) is 26.7. The predicted octanol–water partition coefficient (Wildman–Crippen LogP) is 5.68. The van der Waals surface area contributed by atoms with Gasteiger partial charge in [0, 0.05) is 24.8 Å². The third-order valence-electron chi connectivity index (χ3n) is 4.36. The van der Waals surface area contributed by atoms with Crippen LogP contribution in [0.25, 0.3) is 0 Å². The minimum absolute atomic E-state index is 0.0556. The molecule has 0 radical (unpaired) electrons. The lowest BCUT2D eigenvalue weighted by molar-refractivity contribution is 0.102. The lowest BCUT2D eigenvalue weighted by atomic mass is 10.2. The van der Waals surface area contributed by atoms with Crippen LogP contribution in [0.5, 0.6) is 0 Å². The maximum absolute atomic E-state index is 13.8. The first-order chi connectivity index (χ1) is 14.8. The maximum atomic E-state index is 13.8. The maximum Gasteiger partial charge on any atom is 0.336 e. The number of halogens is 2. The van der Waals surface area contributed by atoms with Gasteiger partial charge in [0.15, 0.2) is 0 Å². The number of urea groups is 1. The van der Waals surface area contributed by atoms with Crippen LogP contribution >= 0.6 is 24.4 Å². The van der Waals surface area contributed by atoms with Crippen molar-refractivity contribution in [2.45, 2.75) is 0 Å². The van der Waals surface area contributed by atoms with Crippen molar-refractivity contribution in [2.75, 3.05) is 33.9 Å². The first-order valence-corrected chi connectivity index (χ1v) is 9.97. The normalized spacial score (nSPS) is 10.4. The molecule has 3 aromatic rings. The summed E-state index contributed by atoms with van der Waals surface area (Å²) in [7, 11) is 3.71. The highest BCUT2D eigenvalue weighted by molar-refractivity contribution is 7.82. The van der Waals surface area contributed by atoms with Crippen molar-refractivity contribution in [1.82, 2.24) is 0 Å². The van der Waals surface area contributed by atoms with Crippen LogP contribution in [-0.4, -0.2) is 26.0 Å². The number of thiol groups is 1. The SMILES string of the molecule is CN(C)c1ccc(Cl)cc1NC(=O)N(S)c1ccc(NC(=O)c2ccccc2F)cc1. The number of hydrogen-bond donors (Lipinski definition) is 3. The van der Waals surface area contributed by atoms with Crippen LogP contribution < -0.4 is 19.8 Å². The zero-order valence-corrected chi connectivity index (χ0v) is 18.4. The van der Waals surface area contributed by atoms with Gasteiger partial charge in [0.05, 0.1) is 22.6 Å². The monoisotopic (exact) mass is 458 g/mol. The molecule has 0 aliphatic carbocycles. The number of nitrogens with one attached hydrogen (secondary N) is 2. The molecule has 3 amide bonds. The van der Waals surface area contributed by atoms with E-state index in [0.29, 0.717) is 22.1 Å². The Balaban J connectivity index is 1.70. The molecular formula is C22H20ClFN4O2S. The van der Waals surface area contributed by atoms with Crippen LogP contribution in [-0.2, 0) is 0 Å². The summed E-state index contributed by atoms with van der Waals surface area (Å²) in [6, 6.07) is 16.8. The molecule has 0 saturated carbocycles. The highest BCUT2D eigenvalue weighted by Crippen LogP contribution is 2.29. The second kappa shape index (κ2) is 9.72. The van der Waals surface area contributed by atoms with Crippen LogP contribution in [0.2, 0.25) is 5.02 Å². The first-order valence-electron chi connectivity index (χ1n) is 9.19. The molecule has 0 spiro atoms. The minimum atomic E-state index is -0.604. The molecule has 31 heavy (non-hydrogen) atoms. The van der Waals surface area contributed by atoms with E-state index in [1.165, 1.54) is 18.2 Å². The third kappa shape index (κ3) is 5.48. The summed E-state index contributed by atoms with van der Waals surface area (Å²) in [6.45, 7) is 0. The smallest absolute Gasteiger partial charge is 0.336 e. The summed E-state index contributed by atoms with van der Waals surface area (Å²) in [5, 5.41) is 5.88. The molecule has 0 aliphatic heterocycles. The minimum Gasteiger partial charge on any atom is -0.376 e. The number of carbonyl (C=O) groups excluding carboxylic acids is 2. The van der Waals surface area contributed by atoms with E-state index in [0.717, 1.165) is 9.99 Å². The van der Waals surface area contributed by atoms with Gasteiger partial charge < -0.3 is 15.5 Å². The Kier molecular flexibility index (Phi) is 7.04. The molecule has 0 aliphatic rings. The summed E-state index contributed by atoms with van der Waals surface area (Å²) >= 11 is 10.3. The third-order valence-corrected chi connectivity index (χ3v) is 5.01. The molecule has 3 rings (SSSR count). The number of nitrogens with zero attached hydrogens (tertiary/aromatic N) is 2. The van der Waals surface area contributed by atoms with Crippen LogP contribution in [0.1, 0.15) is 10.4 Å². The van der Waals surface area contributed by atoms with Crippen LogP contribution in [0.3, 0.4) is 0 Å².